The molecule has 0 radical (unpaired) electrons. The van der Waals surface area contributed by atoms with Gasteiger partial charge in [-0.25, -0.2) is 4.98 Å². The molecule has 0 unspecified atom stereocenters. The van der Waals surface area contributed by atoms with Gasteiger partial charge in [0.15, 0.2) is 0 Å². The summed E-state index contributed by atoms with van der Waals surface area (Å²) in [5, 5.41) is 11.4. The summed E-state index contributed by atoms with van der Waals surface area (Å²) >= 11 is 0. The van der Waals surface area contributed by atoms with E-state index >= 15 is 0 Å². The first-order valence-corrected chi connectivity index (χ1v) is 7.90. The Bertz CT molecular complexity index is 704. The lowest BCUT2D eigenvalue weighted by Gasteiger charge is -2.13. The fourth-order valence-electron chi connectivity index (χ4n) is 2.13. The molecular weight excluding hydrogens is 322 g/mol. The Labute approximate surface area is 146 Å². The van der Waals surface area contributed by atoms with Crippen LogP contribution in [-0.4, -0.2) is 61.4 Å². The number of nitrogens with two attached hydrogens (primary N) is 1. The first kappa shape index (κ1) is 18.6. The molecule has 4 N–H and O–H groups in total. The largest absolute Gasteiger partial charge is 0.394 e. The molecule has 1 aromatic carbocycles. The number of amides is 1. The zero-order valence-electron chi connectivity index (χ0n) is 14.4. The Balaban J connectivity index is 2.03. The number of hydrogen-bond donors (Lipinski definition) is 3. The zero-order valence-corrected chi connectivity index (χ0v) is 14.4. The minimum absolute atomic E-state index is 0.0293. The van der Waals surface area contributed by atoms with E-state index in [2.05, 4.69) is 15.3 Å². The Hall–Kier alpha value is -2.71. The van der Waals surface area contributed by atoms with Crippen molar-refractivity contribution in [2.45, 2.75) is 0 Å². The van der Waals surface area contributed by atoms with Gasteiger partial charge in [-0.05, 0) is 12.1 Å². The van der Waals surface area contributed by atoms with Gasteiger partial charge in [0.05, 0.1) is 25.5 Å². The van der Waals surface area contributed by atoms with Gasteiger partial charge in [0.25, 0.3) is 5.91 Å². The topological polar surface area (TPSA) is 114 Å². The van der Waals surface area contributed by atoms with Crippen molar-refractivity contribution in [3.8, 4) is 11.3 Å². The second-order valence-electron chi connectivity index (χ2n) is 5.53. The summed E-state index contributed by atoms with van der Waals surface area (Å²) in [6, 6.07) is 8.93. The van der Waals surface area contributed by atoms with Crippen molar-refractivity contribution < 1.29 is 14.6 Å². The number of aliphatic hydroxyl groups is 1. The highest BCUT2D eigenvalue weighted by molar-refractivity contribution is 5.94. The van der Waals surface area contributed by atoms with E-state index in [4.69, 9.17) is 15.6 Å². The average Bonchev–Trinajstić information content (AvgIpc) is 2.61. The maximum atomic E-state index is 12.1. The third kappa shape index (κ3) is 5.40. The van der Waals surface area contributed by atoms with Gasteiger partial charge in [-0.2, -0.15) is 4.98 Å². The first-order chi connectivity index (χ1) is 12.0. The summed E-state index contributed by atoms with van der Waals surface area (Å²) in [4.78, 5) is 22.3. The van der Waals surface area contributed by atoms with Crippen LogP contribution in [0.5, 0.6) is 0 Å². The number of ether oxygens (including phenoxy) is 1. The van der Waals surface area contributed by atoms with Crippen LogP contribution in [-0.2, 0) is 4.74 Å². The Morgan fingerprint density at radius 3 is 2.60 bits per heavy atom. The lowest BCUT2D eigenvalue weighted by atomic mass is 10.1. The number of hydrogen-bond acceptors (Lipinski definition) is 7. The number of nitrogen functional groups attached to an aromatic ring is 1. The molecule has 0 fully saturated rings. The summed E-state index contributed by atoms with van der Waals surface area (Å²) in [7, 11) is 3.76. The van der Waals surface area contributed by atoms with Crippen LogP contribution >= 0.6 is 0 Å². The fraction of sp³-hybridized carbons (Fsp3) is 0.353. The van der Waals surface area contributed by atoms with Gasteiger partial charge in [-0.1, -0.05) is 12.1 Å². The van der Waals surface area contributed by atoms with Crippen LogP contribution in [0.3, 0.4) is 0 Å². The summed E-state index contributed by atoms with van der Waals surface area (Å²) in [5.41, 5.74) is 7.85. The van der Waals surface area contributed by atoms with Crippen LogP contribution in [0.2, 0.25) is 0 Å². The van der Waals surface area contributed by atoms with Crippen LogP contribution < -0.4 is 16.0 Å². The summed E-state index contributed by atoms with van der Waals surface area (Å²) in [6.45, 7) is 0.979. The van der Waals surface area contributed by atoms with Crippen molar-refractivity contribution >= 4 is 17.7 Å². The van der Waals surface area contributed by atoms with Crippen LogP contribution in [0.25, 0.3) is 11.3 Å². The standard InChI is InChI=1S/C17H23N5O3/c1-22(2)15-11-14(20-17(18)21-15)12-3-5-13(6-4-12)16(24)19-7-9-25-10-8-23/h3-6,11,23H,7-10H2,1-2H3,(H,19,24)(H2,18,20,21). The van der Waals surface area contributed by atoms with Gasteiger partial charge in [0.1, 0.15) is 5.82 Å². The second kappa shape index (κ2) is 8.95. The molecule has 2 aromatic rings. The van der Waals surface area contributed by atoms with Crippen molar-refractivity contribution in [1.82, 2.24) is 15.3 Å². The molecule has 8 heteroatoms. The van der Waals surface area contributed by atoms with E-state index in [1.807, 2.05) is 37.2 Å². The number of rotatable bonds is 8. The first-order valence-electron chi connectivity index (χ1n) is 7.90. The SMILES string of the molecule is CN(C)c1cc(-c2ccc(C(=O)NCCOCCO)cc2)nc(N)n1. The molecule has 0 aliphatic rings. The average molecular weight is 345 g/mol. The minimum Gasteiger partial charge on any atom is -0.394 e. The fourth-order valence-corrected chi connectivity index (χ4v) is 2.13. The quantitative estimate of drug-likeness (QED) is 0.598. The molecule has 0 spiro atoms. The van der Waals surface area contributed by atoms with E-state index in [0.29, 0.717) is 30.2 Å². The highest BCUT2D eigenvalue weighted by Crippen LogP contribution is 2.22. The predicted octanol–water partition coefficient (Wildman–Crippen LogP) is 0.531. The Morgan fingerprint density at radius 1 is 1.24 bits per heavy atom. The molecule has 0 saturated heterocycles. The maximum Gasteiger partial charge on any atom is 0.251 e. The monoisotopic (exact) mass is 345 g/mol. The minimum atomic E-state index is -0.185. The molecule has 134 valence electrons. The summed E-state index contributed by atoms with van der Waals surface area (Å²) < 4.78 is 5.09. The van der Waals surface area contributed by atoms with Crippen molar-refractivity contribution in [1.29, 1.82) is 0 Å². The number of aliphatic hydroxyl groups excluding tert-OH is 1. The van der Waals surface area contributed by atoms with Gasteiger partial charge >= 0.3 is 0 Å². The van der Waals surface area contributed by atoms with Crippen LogP contribution in [0.15, 0.2) is 30.3 Å². The van der Waals surface area contributed by atoms with E-state index < -0.39 is 0 Å². The highest BCUT2D eigenvalue weighted by atomic mass is 16.5. The van der Waals surface area contributed by atoms with Crippen LogP contribution in [0.1, 0.15) is 10.4 Å². The van der Waals surface area contributed by atoms with Crippen LogP contribution in [0, 0.1) is 0 Å². The number of carbonyl (C=O) groups is 1. The molecular formula is C17H23N5O3. The molecule has 0 bridgehead atoms. The third-order valence-corrected chi connectivity index (χ3v) is 3.40. The Morgan fingerprint density at radius 2 is 1.96 bits per heavy atom. The van der Waals surface area contributed by atoms with E-state index in [9.17, 15) is 4.79 Å². The van der Waals surface area contributed by atoms with Gasteiger partial charge in [0, 0.05) is 37.8 Å². The van der Waals surface area contributed by atoms with Crippen molar-refractivity contribution in [2.75, 3.05) is 51.1 Å². The highest BCUT2D eigenvalue weighted by Gasteiger charge is 2.09. The van der Waals surface area contributed by atoms with E-state index in [1.54, 1.807) is 12.1 Å². The molecule has 8 nitrogen and oxygen atoms in total. The number of anilines is 2. The molecule has 0 atom stereocenters. The molecule has 25 heavy (non-hydrogen) atoms. The van der Waals surface area contributed by atoms with Crippen molar-refractivity contribution in [3.05, 3.63) is 35.9 Å². The maximum absolute atomic E-state index is 12.1. The summed E-state index contributed by atoms with van der Waals surface area (Å²) in [6.07, 6.45) is 0. The number of carbonyl (C=O) groups excluding carboxylic acids is 1. The van der Waals surface area contributed by atoms with Gasteiger partial charge < -0.3 is 25.8 Å². The van der Waals surface area contributed by atoms with E-state index in [0.717, 1.165) is 5.56 Å². The smallest absolute Gasteiger partial charge is 0.251 e. The lowest BCUT2D eigenvalue weighted by molar-refractivity contribution is 0.0838. The van der Waals surface area contributed by atoms with Crippen molar-refractivity contribution in [3.63, 3.8) is 0 Å². The van der Waals surface area contributed by atoms with Crippen LogP contribution in [0.4, 0.5) is 11.8 Å². The third-order valence-electron chi connectivity index (χ3n) is 3.40. The van der Waals surface area contributed by atoms with Crippen molar-refractivity contribution in [2.24, 2.45) is 0 Å². The van der Waals surface area contributed by atoms with E-state index in [-0.39, 0.29) is 25.1 Å². The number of aromatic nitrogens is 2. The Kier molecular flexibility index (Phi) is 6.67. The lowest BCUT2D eigenvalue weighted by Crippen LogP contribution is -2.27. The molecule has 1 aromatic heterocycles. The normalized spacial score (nSPS) is 10.5. The molecule has 0 aliphatic heterocycles. The molecule has 1 amide bonds. The molecule has 1 heterocycles. The number of benzene rings is 1. The van der Waals surface area contributed by atoms with Gasteiger partial charge in [0.2, 0.25) is 5.95 Å². The van der Waals surface area contributed by atoms with Gasteiger partial charge in [-0.15, -0.1) is 0 Å². The number of nitrogens with zero attached hydrogens (tertiary/aromatic N) is 3. The molecule has 0 saturated carbocycles. The molecule has 2 rings (SSSR count). The number of nitrogens with one attached hydrogen (secondary N) is 1. The summed E-state index contributed by atoms with van der Waals surface area (Å²) in [5.74, 6) is 0.730. The zero-order chi connectivity index (χ0) is 18.2. The second-order valence-corrected chi connectivity index (χ2v) is 5.53. The predicted molar refractivity (Wildman–Crippen MR) is 96.4 cm³/mol. The van der Waals surface area contributed by atoms with Gasteiger partial charge in [-0.3, -0.25) is 4.79 Å². The molecule has 0 aliphatic carbocycles. The van der Waals surface area contributed by atoms with E-state index in [1.165, 1.54) is 0 Å².